The lowest BCUT2D eigenvalue weighted by molar-refractivity contribution is -0.192. The highest BCUT2D eigenvalue weighted by Gasteiger charge is 2.39. The third-order valence-corrected chi connectivity index (χ3v) is 7.92. The van der Waals surface area contributed by atoms with Crippen molar-refractivity contribution < 1.29 is 41.0 Å². The molecule has 2 heterocycles. The van der Waals surface area contributed by atoms with Gasteiger partial charge in [-0.3, -0.25) is 9.78 Å². The molecule has 1 saturated heterocycles. The average Bonchev–Trinajstić information content (AvgIpc) is 3.30. The van der Waals surface area contributed by atoms with E-state index in [-0.39, 0.29) is 10.8 Å². The Labute approximate surface area is 232 Å². The highest BCUT2D eigenvalue weighted by molar-refractivity contribution is 7.89. The number of sulfonamides is 1. The van der Waals surface area contributed by atoms with Gasteiger partial charge in [0.15, 0.2) is 0 Å². The molecule has 1 aliphatic rings. The summed E-state index contributed by atoms with van der Waals surface area (Å²) >= 11 is 0. The van der Waals surface area contributed by atoms with Gasteiger partial charge in [-0.15, -0.1) is 0 Å². The van der Waals surface area contributed by atoms with Crippen molar-refractivity contribution in [2.75, 3.05) is 13.7 Å². The summed E-state index contributed by atoms with van der Waals surface area (Å²) in [6.07, 6.45) is -1.97. The number of rotatable bonds is 6. The number of hydrogen-bond acceptors (Lipinski definition) is 7. The van der Waals surface area contributed by atoms with Crippen LogP contribution in [0, 0.1) is 0 Å². The maximum atomic E-state index is 13.1. The Morgan fingerprint density at radius 2 is 1.73 bits per heavy atom. The largest absolute Gasteiger partial charge is 0.497 e. The van der Waals surface area contributed by atoms with Crippen LogP contribution in [0.1, 0.15) is 18.2 Å². The number of nitrogens with two attached hydrogens (primary N) is 1. The van der Waals surface area contributed by atoms with Crippen LogP contribution < -0.4 is 15.2 Å². The van der Waals surface area contributed by atoms with Crippen molar-refractivity contribution in [1.29, 1.82) is 0 Å². The summed E-state index contributed by atoms with van der Waals surface area (Å²) in [5.74, 6) is -2.47. The van der Waals surface area contributed by atoms with Crippen molar-refractivity contribution in [1.82, 2.24) is 14.6 Å². The predicted octanol–water partition coefficient (Wildman–Crippen LogP) is 3.57. The quantitative estimate of drug-likeness (QED) is 0.308. The Balaban J connectivity index is 0.000000493. The highest BCUT2D eigenvalue weighted by Crippen LogP contribution is 2.27. The van der Waals surface area contributed by atoms with E-state index in [9.17, 15) is 26.4 Å². The highest BCUT2D eigenvalue weighted by atomic mass is 32.2. The number of carboxylic acid groups (broad SMARTS) is 1. The molecule has 216 valence electrons. The van der Waals surface area contributed by atoms with Gasteiger partial charge in [-0.05, 0) is 64.5 Å². The lowest BCUT2D eigenvalue weighted by atomic mass is 10.1. The molecule has 4 N–H and O–H groups in total. The fraction of sp³-hybridized carbons (Fsp3) is 0.222. The van der Waals surface area contributed by atoms with E-state index in [1.54, 1.807) is 37.7 Å². The van der Waals surface area contributed by atoms with Crippen LogP contribution in [0.3, 0.4) is 0 Å². The Morgan fingerprint density at radius 1 is 1.07 bits per heavy atom. The lowest BCUT2D eigenvalue weighted by Gasteiger charge is -2.25. The number of ether oxygens (including phenoxy) is 1. The first-order chi connectivity index (χ1) is 19.3. The molecule has 0 saturated carbocycles. The van der Waals surface area contributed by atoms with Crippen LogP contribution in [0.25, 0.3) is 21.5 Å². The van der Waals surface area contributed by atoms with Crippen LogP contribution in [-0.2, 0) is 19.6 Å². The fourth-order valence-corrected chi connectivity index (χ4v) is 5.57. The summed E-state index contributed by atoms with van der Waals surface area (Å²) < 4.78 is 65.7. The molecular formula is C27H25F3N4O6S. The Hall–Kier alpha value is -4.27. The van der Waals surface area contributed by atoms with Crippen molar-refractivity contribution in [3.63, 3.8) is 0 Å². The van der Waals surface area contributed by atoms with E-state index in [0.717, 1.165) is 27.1 Å². The standard InChI is InChI=1S/C25H24N4O4S.C2HF3O2/c1-33-21-6-4-16-5-7-22(14-19(16)13-21)34(31,32)28-23-9-11-29(25(23)30)24(26)18-3-2-17-8-10-27-15-20(17)12-18;3-2(4,5)1(6)7/h2-8,10,12-15,23-24,28H,9,11,26H2,1H3;(H,6,7)/t23-,24+;/m0./s1. The summed E-state index contributed by atoms with van der Waals surface area (Å²) in [6, 6.07) is 17.0. The Bertz CT molecular complexity index is 1710. The molecule has 3 aromatic carbocycles. The molecule has 10 nitrogen and oxygen atoms in total. The molecule has 0 spiro atoms. The summed E-state index contributed by atoms with van der Waals surface area (Å²) in [7, 11) is -2.36. The molecule has 41 heavy (non-hydrogen) atoms. The van der Waals surface area contributed by atoms with Gasteiger partial charge in [0.2, 0.25) is 15.9 Å². The number of nitrogens with zero attached hydrogens (tertiary/aromatic N) is 2. The summed E-state index contributed by atoms with van der Waals surface area (Å²) in [4.78, 5) is 27.7. The summed E-state index contributed by atoms with van der Waals surface area (Å²) in [5.41, 5.74) is 7.17. The maximum absolute atomic E-state index is 13.1. The van der Waals surface area contributed by atoms with E-state index in [2.05, 4.69) is 9.71 Å². The van der Waals surface area contributed by atoms with Crippen LogP contribution in [0.4, 0.5) is 13.2 Å². The van der Waals surface area contributed by atoms with Gasteiger partial charge < -0.3 is 20.5 Å². The topological polar surface area (TPSA) is 152 Å². The molecule has 1 aliphatic heterocycles. The number of aromatic nitrogens is 1. The number of amides is 1. The van der Waals surface area contributed by atoms with Crippen molar-refractivity contribution >= 4 is 43.4 Å². The zero-order valence-corrected chi connectivity index (χ0v) is 22.3. The molecule has 0 bridgehead atoms. The first-order valence-electron chi connectivity index (χ1n) is 12.1. The molecule has 5 rings (SSSR count). The molecule has 4 aromatic rings. The SMILES string of the molecule is COc1ccc2ccc(S(=O)(=O)N[C@H]3CCN([C@@H](N)c4ccc5ccncc5c4)C3=O)cc2c1.O=C(O)C(F)(F)F. The number of carboxylic acids is 1. The molecule has 1 fully saturated rings. The van der Waals surface area contributed by atoms with Gasteiger partial charge in [-0.2, -0.15) is 17.9 Å². The van der Waals surface area contributed by atoms with E-state index in [1.165, 1.54) is 11.0 Å². The zero-order valence-electron chi connectivity index (χ0n) is 21.5. The van der Waals surface area contributed by atoms with Gasteiger partial charge in [-0.1, -0.05) is 24.3 Å². The summed E-state index contributed by atoms with van der Waals surface area (Å²) in [5, 5.41) is 10.7. The number of fused-ring (bicyclic) bond motifs is 2. The number of halogens is 3. The van der Waals surface area contributed by atoms with Gasteiger partial charge in [0.05, 0.1) is 12.0 Å². The van der Waals surface area contributed by atoms with Crippen LogP contribution in [0.2, 0.25) is 0 Å². The van der Waals surface area contributed by atoms with E-state index in [4.69, 9.17) is 20.4 Å². The first-order valence-corrected chi connectivity index (χ1v) is 13.6. The van der Waals surface area contributed by atoms with E-state index in [1.807, 2.05) is 36.4 Å². The van der Waals surface area contributed by atoms with Gasteiger partial charge in [0, 0.05) is 24.3 Å². The molecule has 14 heteroatoms. The van der Waals surface area contributed by atoms with Crippen molar-refractivity contribution in [2.45, 2.75) is 29.7 Å². The van der Waals surface area contributed by atoms with Crippen molar-refractivity contribution in [3.8, 4) is 5.75 Å². The average molecular weight is 591 g/mol. The molecule has 0 unspecified atom stereocenters. The number of benzene rings is 3. The molecule has 0 radical (unpaired) electrons. The van der Waals surface area contributed by atoms with Crippen LogP contribution in [-0.4, -0.2) is 61.2 Å². The zero-order chi connectivity index (χ0) is 29.9. The van der Waals surface area contributed by atoms with Gasteiger partial charge >= 0.3 is 12.1 Å². The second-order valence-corrected chi connectivity index (χ2v) is 10.8. The van der Waals surface area contributed by atoms with Crippen molar-refractivity contribution in [2.24, 2.45) is 5.73 Å². The van der Waals surface area contributed by atoms with Crippen LogP contribution in [0.5, 0.6) is 5.75 Å². The first kappa shape index (κ1) is 29.7. The number of hydrogen-bond donors (Lipinski definition) is 3. The number of aliphatic carboxylic acids is 1. The lowest BCUT2D eigenvalue weighted by Crippen LogP contribution is -2.44. The molecule has 2 atom stereocenters. The minimum absolute atomic E-state index is 0.0887. The number of likely N-dealkylation sites (tertiary alicyclic amines) is 1. The molecular weight excluding hydrogens is 565 g/mol. The van der Waals surface area contributed by atoms with E-state index >= 15 is 0 Å². The third-order valence-electron chi connectivity index (χ3n) is 6.45. The number of alkyl halides is 3. The maximum Gasteiger partial charge on any atom is 0.490 e. The normalized spacial score (nSPS) is 16.4. The number of nitrogens with one attached hydrogen (secondary N) is 1. The van der Waals surface area contributed by atoms with Crippen LogP contribution >= 0.6 is 0 Å². The fourth-order valence-electron chi connectivity index (χ4n) is 4.31. The van der Waals surface area contributed by atoms with Gasteiger partial charge in [0.25, 0.3) is 0 Å². The molecule has 1 amide bonds. The molecule has 1 aromatic heterocycles. The Morgan fingerprint density at radius 3 is 2.41 bits per heavy atom. The van der Waals surface area contributed by atoms with Gasteiger partial charge in [-0.25, -0.2) is 13.2 Å². The second kappa shape index (κ2) is 11.7. The van der Waals surface area contributed by atoms with Crippen molar-refractivity contribution in [3.05, 3.63) is 78.6 Å². The van der Waals surface area contributed by atoms with Crippen LogP contribution in [0.15, 0.2) is 78.0 Å². The number of methoxy groups -OCH3 is 1. The minimum Gasteiger partial charge on any atom is -0.497 e. The predicted molar refractivity (Wildman–Crippen MR) is 143 cm³/mol. The smallest absolute Gasteiger partial charge is 0.490 e. The summed E-state index contributed by atoms with van der Waals surface area (Å²) in [6.45, 7) is 0.354. The van der Waals surface area contributed by atoms with E-state index in [0.29, 0.717) is 18.7 Å². The van der Waals surface area contributed by atoms with Gasteiger partial charge in [0.1, 0.15) is 18.0 Å². The second-order valence-electron chi connectivity index (χ2n) is 9.10. The molecule has 0 aliphatic carbocycles. The Kier molecular flexibility index (Phi) is 8.47. The van der Waals surface area contributed by atoms with E-state index < -0.39 is 34.4 Å². The number of carbonyl (C=O) groups is 2. The monoisotopic (exact) mass is 590 g/mol. The minimum atomic E-state index is -5.08. The third kappa shape index (κ3) is 6.73. The number of carbonyl (C=O) groups excluding carboxylic acids is 1. The number of pyridine rings is 1.